The van der Waals surface area contributed by atoms with Gasteiger partial charge in [0.15, 0.2) is 0 Å². The molecule has 0 radical (unpaired) electrons. The Labute approximate surface area is 161 Å². The molecular weight excluding hydrogens is 367 g/mol. The summed E-state index contributed by atoms with van der Waals surface area (Å²) >= 11 is 0. The van der Waals surface area contributed by atoms with Gasteiger partial charge in [-0.1, -0.05) is 43.0 Å². The number of fused-ring (bicyclic) bond motifs is 1. The summed E-state index contributed by atoms with van der Waals surface area (Å²) in [5.74, 6) is 0.577. The Hall–Kier alpha value is -2.64. The zero-order valence-corrected chi connectivity index (χ0v) is 15.6. The number of halogens is 3. The highest BCUT2D eigenvalue weighted by Crippen LogP contribution is 2.32. The van der Waals surface area contributed by atoms with Crippen LogP contribution in [-0.2, 0) is 6.42 Å². The number of hydrogen-bond donors (Lipinski definition) is 1. The van der Waals surface area contributed by atoms with Gasteiger partial charge in [0.1, 0.15) is 12.0 Å². The highest BCUT2D eigenvalue weighted by Gasteiger charge is 2.30. The number of alkyl halides is 3. The van der Waals surface area contributed by atoms with E-state index in [4.69, 9.17) is 0 Å². The van der Waals surface area contributed by atoms with E-state index in [1.54, 1.807) is 42.0 Å². The number of rotatable bonds is 4. The lowest BCUT2D eigenvalue weighted by Crippen LogP contribution is -2.24. The van der Waals surface area contributed by atoms with Gasteiger partial charge in [-0.2, -0.15) is 13.2 Å². The smallest absolute Gasteiger partial charge is 0.351 e. The van der Waals surface area contributed by atoms with Crippen molar-refractivity contribution in [3.63, 3.8) is 0 Å². The van der Waals surface area contributed by atoms with E-state index in [1.165, 1.54) is 19.3 Å². The van der Waals surface area contributed by atoms with E-state index in [1.807, 2.05) is 0 Å². The van der Waals surface area contributed by atoms with Crippen LogP contribution in [0.25, 0.3) is 16.8 Å². The zero-order valence-electron chi connectivity index (χ0n) is 15.6. The first kappa shape index (κ1) is 18.7. The van der Waals surface area contributed by atoms with E-state index >= 15 is 0 Å². The van der Waals surface area contributed by atoms with Gasteiger partial charge < -0.3 is 5.32 Å². The predicted octanol–water partition coefficient (Wildman–Crippen LogP) is 4.95. The Bertz CT molecular complexity index is 974. The van der Waals surface area contributed by atoms with Gasteiger partial charge in [0.2, 0.25) is 5.95 Å². The lowest BCUT2D eigenvalue weighted by atomic mass is 9.96. The van der Waals surface area contributed by atoms with Gasteiger partial charge in [-0.05, 0) is 25.3 Å². The Kier molecular flexibility index (Phi) is 4.95. The second kappa shape index (κ2) is 7.41. The van der Waals surface area contributed by atoms with E-state index in [-0.39, 0.29) is 5.56 Å². The minimum Gasteiger partial charge on any atom is -0.351 e. The molecule has 5 nitrogen and oxygen atoms in total. The second-order valence-electron chi connectivity index (χ2n) is 7.45. The molecule has 0 unspecified atom stereocenters. The van der Waals surface area contributed by atoms with Crippen LogP contribution in [0.2, 0.25) is 0 Å². The highest BCUT2D eigenvalue weighted by molar-refractivity contribution is 5.79. The minimum atomic E-state index is -4.30. The molecule has 1 fully saturated rings. The second-order valence-corrected chi connectivity index (χ2v) is 7.45. The molecule has 0 amide bonds. The summed E-state index contributed by atoms with van der Waals surface area (Å²) in [4.78, 5) is 4.18. The Morgan fingerprint density at radius 1 is 1.14 bits per heavy atom. The van der Waals surface area contributed by atoms with Crippen LogP contribution in [0.15, 0.2) is 30.7 Å². The van der Waals surface area contributed by atoms with Crippen molar-refractivity contribution in [2.24, 2.45) is 0 Å². The molecule has 8 heteroatoms. The number of aryl methyl sites for hydroxylation is 1. The number of aromatic nitrogens is 4. The van der Waals surface area contributed by atoms with Gasteiger partial charge in [0.25, 0.3) is 0 Å². The number of anilines is 1. The first-order valence-corrected chi connectivity index (χ1v) is 9.52. The molecule has 1 N–H and O–H groups in total. The molecule has 2 aromatic heterocycles. The quantitative estimate of drug-likeness (QED) is 0.686. The van der Waals surface area contributed by atoms with E-state index in [2.05, 4.69) is 20.5 Å². The molecule has 1 aliphatic rings. The molecule has 0 aliphatic heterocycles. The third-order valence-electron chi connectivity index (χ3n) is 5.20. The molecule has 2 heterocycles. The Morgan fingerprint density at radius 2 is 1.93 bits per heavy atom. The van der Waals surface area contributed by atoms with Crippen LogP contribution >= 0.6 is 0 Å². The molecular formula is C20H22F3N5. The van der Waals surface area contributed by atoms with Crippen LogP contribution in [0.1, 0.15) is 43.2 Å². The van der Waals surface area contributed by atoms with E-state index in [0.717, 1.165) is 18.4 Å². The van der Waals surface area contributed by atoms with Crippen molar-refractivity contribution in [1.29, 1.82) is 0 Å². The van der Waals surface area contributed by atoms with Crippen LogP contribution in [0.3, 0.4) is 0 Å². The molecule has 1 aliphatic carbocycles. The van der Waals surface area contributed by atoms with E-state index < -0.39 is 12.6 Å². The van der Waals surface area contributed by atoms with Gasteiger partial charge in [0.05, 0.1) is 18.1 Å². The fraction of sp³-hybridized carbons (Fsp3) is 0.450. The lowest BCUT2D eigenvalue weighted by molar-refractivity contribution is -0.127. The van der Waals surface area contributed by atoms with Crippen molar-refractivity contribution >= 4 is 11.5 Å². The summed E-state index contributed by atoms with van der Waals surface area (Å²) < 4.78 is 41.0. The number of imidazole rings is 1. The maximum atomic E-state index is 13.1. The summed E-state index contributed by atoms with van der Waals surface area (Å²) in [7, 11) is 0. The standard InChI is InChI=1S/C20H22F3N5/c1-13-7-8-16(14(9-13)10-20(21,22)23)18-17-11-24-12-28(17)19(27-26-18)25-15-5-3-2-4-6-15/h7-9,11-12,15H,2-6,10H2,1H3,(H,25,27). The molecule has 0 spiro atoms. The summed E-state index contributed by atoms with van der Waals surface area (Å²) in [5, 5.41) is 12.0. The largest absolute Gasteiger partial charge is 0.393 e. The third-order valence-corrected chi connectivity index (χ3v) is 5.20. The van der Waals surface area contributed by atoms with Crippen LogP contribution in [-0.4, -0.2) is 31.8 Å². The monoisotopic (exact) mass is 389 g/mol. The molecule has 28 heavy (non-hydrogen) atoms. The Morgan fingerprint density at radius 3 is 2.68 bits per heavy atom. The summed E-state index contributed by atoms with van der Waals surface area (Å²) in [6.45, 7) is 1.78. The summed E-state index contributed by atoms with van der Waals surface area (Å²) in [5.41, 5.74) is 2.45. The van der Waals surface area contributed by atoms with E-state index in [0.29, 0.717) is 28.8 Å². The topological polar surface area (TPSA) is 55.1 Å². The van der Waals surface area contributed by atoms with Gasteiger partial charge in [-0.15, -0.1) is 10.2 Å². The molecule has 0 saturated heterocycles. The minimum absolute atomic E-state index is 0.192. The molecule has 1 saturated carbocycles. The van der Waals surface area contributed by atoms with E-state index in [9.17, 15) is 13.2 Å². The number of hydrogen-bond acceptors (Lipinski definition) is 4. The number of benzene rings is 1. The molecule has 148 valence electrons. The lowest BCUT2D eigenvalue weighted by Gasteiger charge is -2.23. The zero-order chi connectivity index (χ0) is 19.7. The van der Waals surface area contributed by atoms with Gasteiger partial charge in [-0.3, -0.25) is 4.40 Å². The van der Waals surface area contributed by atoms with Crippen molar-refractivity contribution in [3.05, 3.63) is 41.9 Å². The third kappa shape index (κ3) is 3.95. The fourth-order valence-electron chi connectivity index (χ4n) is 3.87. The first-order valence-electron chi connectivity index (χ1n) is 9.52. The van der Waals surface area contributed by atoms with Gasteiger partial charge >= 0.3 is 6.18 Å². The van der Waals surface area contributed by atoms with Gasteiger partial charge in [-0.25, -0.2) is 4.98 Å². The average Bonchev–Trinajstić information content (AvgIpc) is 3.13. The van der Waals surface area contributed by atoms with Crippen molar-refractivity contribution in [1.82, 2.24) is 19.6 Å². The normalized spacial score (nSPS) is 15.9. The molecule has 4 rings (SSSR count). The van der Waals surface area contributed by atoms with Crippen molar-refractivity contribution < 1.29 is 13.2 Å². The molecule has 3 aromatic rings. The average molecular weight is 389 g/mol. The molecule has 0 bridgehead atoms. The van der Waals surface area contributed by atoms with Crippen molar-refractivity contribution in [2.45, 2.75) is 57.7 Å². The van der Waals surface area contributed by atoms with Crippen LogP contribution in [0, 0.1) is 6.92 Å². The van der Waals surface area contributed by atoms with Crippen molar-refractivity contribution in [2.75, 3.05) is 5.32 Å². The first-order chi connectivity index (χ1) is 13.4. The highest BCUT2D eigenvalue weighted by atomic mass is 19.4. The molecule has 0 atom stereocenters. The van der Waals surface area contributed by atoms with Gasteiger partial charge in [0, 0.05) is 11.6 Å². The van der Waals surface area contributed by atoms with Crippen LogP contribution in [0.4, 0.5) is 19.1 Å². The Balaban J connectivity index is 1.74. The number of nitrogens with one attached hydrogen (secondary N) is 1. The van der Waals surface area contributed by atoms with Crippen LogP contribution in [0.5, 0.6) is 0 Å². The maximum absolute atomic E-state index is 13.1. The summed E-state index contributed by atoms with van der Waals surface area (Å²) in [6, 6.07) is 5.37. The maximum Gasteiger partial charge on any atom is 0.393 e. The predicted molar refractivity (Wildman–Crippen MR) is 101 cm³/mol. The number of nitrogens with zero attached hydrogens (tertiary/aromatic N) is 4. The fourth-order valence-corrected chi connectivity index (χ4v) is 3.87. The summed E-state index contributed by atoms with van der Waals surface area (Å²) in [6.07, 6.45) is 3.70. The molecule has 1 aromatic carbocycles. The van der Waals surface area contributed by atoms with Crippen molar-refractivity contribution in [3.8, 4) is 11.3 Å². The SMILES string of the molecule is Cc1ccc(-c2nnc(NC3CCCCC3)n3cncc23)c(CC(F)(F)F)c1. The van der Waals surface area contributed by atoms with Crippen LogP contribution < -0.4 is 5.32 Å².